The van der Waals surface area contributed by atoms with Gasteiger partial charge in [-0.1, -0.05) is 425 Å². The van der Waals surface area contributed by atoms with Crippen molar-refractivity contribution < 1.29 is 0 Å². The maximum absolute atomic E-state index is 2.57. The molecule has 624 valence electrons. The average Bonchev–Trinajstić information content (AvgIpc) is 1.50. The van der Waals surface area contributed by atoms with Crippen molar-refractivity contribution in [3.63, 3.8) is 0 Å². The highest BCUT2D eigenvalue weighted by Crippen LogP contribution is 2.69. The fourth-order valence-corrected chi connectivity index (χ4v) is 34.8. The Morgan fingerprint density at radius 3 is 0.701 bits per heavy atom. The fourth-order valence-electron chi connectivity index (χ4n) is 26.3. The largest absolute Gasteiger partial charge is 0.112 e. The third-order valence-corrected chi connectivity index (χ3v) is 40.5. The summed E-state index contributed by atoms with van der Waals surface area (Å²) in [4.78, 5) is 0. The Labute approximate surface area is 781 Å². The van der Waals surface area contributed by atoms with Crippen LogP contribution in [0.3, 0.4) is 0 Å². The van der Waals surface area contributed by atoms with Gasteiger partial charge < -0.3 is 0 Å². The van der Waals surface area contributed by atoms with Gasteiger partial charge in [0.05, 0.1) is 10.8 Å². The van der Waals surface area contributed by atoms with E-state index in [2.05, 4.69) is 463 Å². The molecular weight excluding hydrogens is 1690 g/mol. The van der Waals surface area contributed by atoms with Crippen molar-refractivity contribution in [2.75, 3.05) is 0 Å². The second-order valence-corrected chi connectivity index (χ2v) is 45.7. The molecular formula is C130H84P4. The molecule has 0 bridgehead atoms. The predicted molar refractivity (Wildman–Crippen MR) is 583 cm³/mol. The molecule has 4 heterocycles. The van der Waals surface area contributed by atoms with E-state index in [1.807, 2.05) is 0 Å². The molecule has 134 heavy (non-hydrogen) atoms. The van der Waals surface area contributed by atoms with E-state index in [0.717, 1.165) is 0 Å². The minimum absolute atomic E-state index is 0.429. The van der Waals surface area contributed by atoms with Gasteiger partial charge in [0.25, 0.3) is 0 Å². The second-order valence-electron chi connectivity index (χ2n) is 37.4. The second kappa shape index (κ2) is 28.8. The van der Waals surface area contributed by atoms with Gasteiger partial charge in [0.1, 0.15) is 0 Å². The SMILES string of the molecule is Cp1c2ccccc2c2c(-c3cccc4c(-c5cccc6c5-c5ccccc5C65c6ccccc6-c6ccccc65)c5cccc(-c6cccc7c6c6ccccc6p7C)c5cc34)cccc21.Cp1c2ccccc2c2cccc(-c3cccc4c(-c5cccc6c5-c5ccccc5C65c6ccccc6-c6ccccc65)c5cccc(-c6cccc7c8ccccc8p(C)c67)c5cc34)c21. The number of fused-ring (bicyclic) bond motifs is 36. The molecule has 26 aromatic rings. The number of hydrogen-bond donors (Lipinski definition) is 0. The minimum Gasteiger partial charge on any atom is -0.112 e. The third-order valence-electron chi connectivity index (χ3n) is 31.6. The molecule has 2 spiro atoms. The summed E-state index contributed by atoms with van der Waals surface area (Å²) in [6, 6.07) is 168. The molecule has 4 aromatic heterocycles. The van der Waals surface area contributed by atoms with Crippen molar-refractivity contribution in [3.8, 4) is 111 Å². The molecule has 4 heteroatoms. The van der Waals surface area contributed by atoms with Crippen LogP contribution in [0.25, 0.3) is 238 Å². The zero-order valence-electron chi connectivity index (χ0n) is 74.4. The summed E-state index contributed by atoms with van der Waals surface area (Å²) in [5, 5.41) is 33.3. The molecule has 22 aromatic carbocycles. The Bertz CT molecular complexity index is 9280. The summed E-state index contributed by atoms with van der Waals surface area (Å²) >= 11 is 0. The quantitative estimate of drug-likeness (QED) is 0.146. The Hall–Kier alpha value is -14.9. The fraction of sp³-hybridized carbons (Fsp3) is 0.0462. The van der Waals surface area contributed by atoms with Crippen LogP contribution in [0, 0.1) is 0 Å². The number of hydrogen-bond acceptors (Lipinski definition) is 0. The van der Waals surface area contributed by atoms with Crippen molar-refractivity contribution in [3.05, 3.63) is 481 Å². The molecule has 0 saturated heterocycles. The predicted octanol–water partition coefficient (Wildman–Crippen LogP) is 38.0. The van der Waals surface area contributed by atoms with Crippen LogP contribution in [0.2, 0.25) is 0 Å². The van der Waals surface area contributed by atoms with Gasteiger partial charge in [-0.15, -0.1) is 30.1 Å². The maximum atomic E-state index is 2.57. The van der Waals surface area contributed by atoms with Gasteiger partial charge in [-0.25, -0.2) is 0 Å². The number of rotatable bonds is 6. The molecule has 0 nitrogen and oxygen atoms in total. The van der Waals surface area contributed by atoms with Crippen molar-refractivity contribution in [2.45, 2.75) is 10.8 Å². The summed E-state index contributed by atoms with van der Waals surface area (Å²) in [5.41, 5.74) is 36.5. The number of aryl methyl sites for hydroxylation is 4. The lowest BCUT2D eigenvalue weighted by atomic mass is 9.70. The van der Waals surface area contributed by atoms with Crippen LogP contribution in [0.15, 0.2) is 437 Å². The molecule has 4 aliphatic rings. The van der Waals surface area contributed by atoms with E-state index in [1.165, 1.54) is 283 Å². The summed E-state index contributed by atoms with van der Waals surface area (Å²) in [6.45, 7) is 9.80. The van der Waals surface area contributed by atoms with E-state index in [0.29, 0.717) is 0 Å². The molecule has 4 aliphatic carbocycles. The zero-order valence-corrected chi connectivity index (χ0v) is 77.9. The van der Waals surface area contributed by atoms with E-state index < -0.39 is 41.0 Å². The Kier molecular flexibility index (Phi) is 16.5. The van der Waals surface area contributed by atoms with Crippen molar-refractivity contribution in [2.24, 2.45) is 26.7 Å². The van der Waals surface area contributed by atoms with E-state index in [-0.39, 0.29) is 0 Å². The smallest absolute Gasteiger partial charge is 0.0725 e. The van der Waals surface area contributed by atoms with E-state index in [4.69, 9.17) is 0 Å². The Balaban J connectivity index is 0.000000131. The lowest BCUT2D eigenvalue weighted by molar-refractivity contribution is 0.794. The standard InChI is InChI=1S/2C65H42P2/c1-66-59-36-11-6-20-43(59)49-29-15-27-47(63(49)66)39-23-13-25-45-53(39)38-54-40(48-28-16-30-50-44-21-7-12-37-60(44)67(2)64(48)50)24-14-26-46(54)61(45)52-31-17-35-58-62(52)51-22-5-10-34-57(51)65(58)55-32-8-3-18-41(55)42-19-4-9-33-56(42)65;1-66-57-34-11-6-21-48(57)63-43(27-16-36-59(63)66)39-23-13-25-45-51(39)38-52-40(44-28-17-37-60-64(44)49-22-7-12-35-58(49)67(60)2)24-14-26-46(52)61(45)50-29-15-33-56-62(50)47-20-5-10-32-55(47)65(56)53-30-8-3-18-41(53)42-19-4-9-31-54(42)65/h2*3-38H,1-2H3. The summed E-state index contributed by atoms with van der Waals surface area (Å²) in [5.74, 6) is 0. The van der Waals surface area contributed by atoms with Gasteiger partial charge in [0.2, 0.25) is 0 Å². The first-order valence-electron chi connectivity index (χ1n) is 46.9. The van der Waals surface area contributed by atoms with Crippen LogP contribution in [0.4, 0.5) is 0 Å². The molecule has 0 saturated carbocycles. The molecule has 0 aliphatic heterocycles. The first-order chi connectivity index (χ1) is 66.2. The average molecular weight is 1770 g/mol. The molecule has 30 rings (SSSR count). The summed E-state index contributed by atoms with van der Waals surface area (Å²) < 4.78 is 0. The van der Waals surface area contributed by atoms with Crippen LogP contribution >= 0.6 is 30.1 Å². The van der Waals surface area contributed by atoms with Crippen molar-refractivity contribution >= 4 is 157 Å². The Morgan fingerprint density at radius 1 is 0.134 bits per heavy atom. The maximum Gasteiger partial charge on any atom is 0.0725 e. The zero-order chi connectivity index (χ0) is 88.2. The van der Waals surface area contributed by atoms with E-state index in [1.54, 1.807) is 0 Å². The van der Waals surface area contributed by atoms with Crippen LogP contribution in [0.1, 0.15) is 44.5 Å². The lowest BCUT2D eigenvalue weighted by Crippen LogP contribution is -2.25. The normalized spacial score (nSPS) is 13.9. The van der Waals surface area contributed by atoms with Gasteiger partial charge in [0.15, 0.2) is 0 Å². The molecule has 0 N–H and O–H groups in total. The molecule has 0 radical (unpaired) electrons. The highest BCUT2D eigenvalue weighted by molar-refractivity contribution is 7.61. The molecule has 0 amide bonds. The van der Waals surface area contributed by atoms with E-state index >= 15 is 0 Å². The molecule has 4 unspecified atom stereocenters. The van der Waals surface area contributed by atoms with Gasteiger partial charge in [0, 0.05) is 51.7 Å². The number of benzene rings is 22. The highest BCUT2D eigenvalue weighted by atomic mass is 31.1. The van der Waals surface area contributed by atoms with Crippen molar-refractivity contribution in [1.82, 2.24) is 0 Å². The van der Waals surface area contributed by atoms with E-state index in [9.17, 15) is 0 Å². The van der Waals surface area contributed by atoms with Gasteiger partial charge >= 0.3 is 0 Å². The summed E-state index contributed by atoms with van der Waals surface area (Å²) in [6.07, 6.45) is 0. The van der Waals surface area contributed by atoms with Gasteiger partial charge in [-0.2, -0.15) is 0 Å². The van der Waals surface area contributed by atoms with Crippen LogP contribution in [-0.4, -0.2) is 0 Å². The first-order valence-corrected chi connectivity index (χ1v) is 54.1. The topological polar surface area (TPSA) is 0 Å². The van der Waals surface area contributed by atoms with Crippen molar-refractivity contribution in [1.29, 1.82) is 0 Å². The van der Waals surface area contributed by atoms with Crippen LogP contribution in [0.5, 0.6) is 0 Å². The van der Waals surface area contributed by atoms with Gasteiger partial charge in [-0.05, 0) is 270 Å². The molecule has 4 atom stereocenters. The third kappa shape index (κ3) is 10.1. The minimum atomic E-state index is -0.538. The lowest BCUT2D eigenvalue weighted by Gasteiger charge is -2.30. The molecule has 0 fully saturated rings. The monoisotopic (exact) mass is 1770 g/mol. The summed E-state index contributed by atoms with van der Waals surface area (Å²) in [7, 11) is -1.98. The van der Waals surface area contributed by atoms with Gasteiger partial charge in [-0.3, -0.25) is 0 Å². The highest BCUT2D eigenvalue weighted by Gasteiger charge is 2.54. The first kappa shape index (κ1) is 76.8. The van der Waals surface area contributed by atoms with Crippen LogP contribution < -0.4 is 0 Å². The van der Waals surface area contributed by atoms with Crippen LogP contribution in [-0.2, 0) is 37.5 Å². The Morgan fingerprint density at radius 2 is 0.351 bits per heavy atom.